The highest BCUT2D eigenvalue weighted by molar-refractivity contribution is 4.56. The fourth-order valence-corrected chi connectivity index (χ4v) is 0.305. The standard InChI is InChI=1S/C4H10O9/c5-1(3(7,8)9)13-2(6)4(10,11)12/h1-2,5-12H. The molecule has 8 N–H and O–H groups in total. The summed E-state index contributed by atoms with van der Waals surface area (Å²) in [4.78, 5) is 0. The molecule has 0 aromatic heterocycles. The van der Waals surface area contributed by atoms with Crippen LogP contribution in [0, 0.1) is 0 Å². The molecular formula is C4H10O9. The van der Waals surface area contributed by atoms with E-state index in [1.54, 1.807) is 0 Å². The first-order valence-corrected chi connectivity index (χ1v) is 2.91. The highest BCUT2D eigenvalue weighted by Gasteiger charge is 2.40. The predicted octanol–water partition coefficient (Wildman–Crippen LogP) is -5.10. The first-order chi connectivity index (χ1) is 5.55. The van der Waals surface area contributed by atoms with E-state index in [0.717, 1.165) is 0 Å². The van der Waals surface area contributed by atoms with Gasteiger partial charge in [0.2, 0.25) is 12.6 Å². The van der Waals surface area contributed by atoms with Crippen molar-refractivity contribution in [1.82, 2.24) is 0 Å². The Bertz CT molecular complexity index is 136. The summed E-state index contributed by atoms with van der Waals surface area (Å²) in [5, 5.41) is 66.0. The maximum atomic E-state index is 8.45. The summed E-state index contributed by atoms with van der Waals surface area (Å²) < 4.78 is 3.59. The van der Waals surface area contributed by atoms with Crippen molar-refractivity contribution in [2.75, 3.05) is 0 Å². The van der Waals surface area contributed by atoms with Crippen LogP contribution >= 0.6 is 0 Å². The van der Waals surface area contributed by atoms with Gasteiger partial charge in [0.05, 0.1) is 0 Å². The maximum Gasteiger partial charge on any atom is 0.329 e. The van der Waals surface area contributed by atoms with Crippen LogP contribution < -0.4 is 0 Å². The molecule has 80 valence electrons. The summed E-state index contributed by atoms with van der Waals surface area (Å²) in [6, 6.07) is 0. The first-order valence-electron chi connectivity index (χ1n) is 2.91. The highest BCUT2D eigenvalue weighted by Crippen LogP contribution is 2.10. The van der Waals surface area contributed by atoms with E-state index in [1.807, 2.05) is 0 Å². The van der Waals surface area contributed by atoms with Crippen molar-refractivity contribution in [1.29, 1.82) is 0 Å². The van der Waals surface area contributed by atoms with Crippen molar-refractivity contribution in [3.8, 4) is 0 Å². The molecule has 0 saturated heterocycles. The summed E-state index contributed by atoms with van der Waals surface area (Å²) in [6.45, 7) is 0. The molecule has 0 spiro atoms. The van der Waals surface area contributed by atoms with Crippen LogP contribution in [0.2, 0.25) is 0 Å². The van der Waals surface area contributed by atoms with Crippen LogP contribution in [0.5, 0.6) is 0 Å². The van der Waals surface area contributed by atoms with Gasteiger partial charge in [0.15, 0.2) is 0 Å². The summed E-state index contributed by atoms with van der Waals surface area (Å²) in [6.07, 6.45) is -5.51. The third-order valence-corrected chi connectivity index (χ3v) is 0.920. The van der Waals surface area contributed by atoms with Crippen LogP contribution in [0.3, 0.4) is 0 Å². The quantitative estimate of drug-likeness (QED) is 0.207. The highest BCUT2D eigenvalue weighted by atomic mass is 16.8. The van der Waals surface area contributed by atoms with Crippen LogP contribution in [-0.2, 0) is 4.74 Å². The largest absolute Gasteiger partial charge is 0.362 e. The lowest BCUT2D eigenvalue weighted by molar-refractivity contribution is -0.467. The lowest BCUT2D eigenvalue weighted by Crippen LogP contribution is -2.51. The molecule has 0 radical (unpaired) electrons. The van der Waals surface area contributed by atoms with Crippen LogP contribution in [0.1, 0.15) is 0 Å². The van der Waals surface area contributed by atoms with Crippen molar-refractivity contribution in [2.24, 2.45) is 0 Å². The molecule has 2 atom stereocenters. The Morgan fingerprint density at radius 1 is 0.692 bits per heavy atom. The normalized spacial score (nSPS) is 18.5. The van der Waals surface area contributed by atoms with Gasteiger partial charge in [0.1, 0.15) is 0 Å². The van der Waals surface area contributed by atoms with Gasteiger partial charge in [-0.1, -0.05) is 0 Å². The molecule has 0 amide bonds. The van der Waals surface area contributed by atoms with E-state index in [9.17, 15) is 0 Å². The molecule has 0 aliphatic rings. The fourth-order valence-electron chi connectivity index (χ4n) is 0.305. The van der Waals surface area contributed by atoms with Crippen LogP contribution in [0.15, 0.2) is 0 Å². The molecule has 0 aromatic rings. The van der Waals surface area contributed by atoms with Gasteiger partial charge in [-0.2, -0.15) is 0 Å². The molecule has 2 unspecified atom stereocenters. The number of rotatable bonds is 4. The summed E-state index contributed by atoms with van der Waals surface area (Å²) in [5.41, 5.74) is 0. The zero-order valence-corrected chi connectivity index (χ0v) is 6.14. The van der Waals surface area contributed by atoms with E-state index in [0.29, 0.717) is 0 Å². The van der Waals surface area contributed by atoms with Gasteiger partial charge in [-0.05, 0) is 0 Å². The molecule has 0 rings (SSSR count). The molecular weight excluding hydrogens is 192 g/mol. The van der Waals surface area contributed by atoms with Crippen molar-refractivity contribution in [3.63, 3.8) is 0 Å². The fraction of sp³-hybridized carbons (Fsp3) is 1.00. The SMILES string of the molecule is OC(OC(O)C(O)(O)O)C(O)(O)O. The third-order valence-electron chi connectivity index (χ3n) is 0.920. The Balaban J connectivity index is 4.15. The molecule has 0 aliphatic carbocycles. The third kappa shape index (κ3) is 4.42. The molecule has 0 heterocycles. The summed E-state index contributed by atoms with van der Waals surface area (Å²) in [7, 11) is 0. The number of aliphatic hydroxyl groups excluding tert-OH is 2. The molecule has 9 heteroatoms. The van der Waals surface area contributed by atoms with Gasteiger partial charge in [0.25, 0.3) is 0 Å². The van der Waals surface area contributed by atoms with Gasteiger partial charge in [-0.15, -0.1) is 0 Å². The smallest absolute Gasteiger partial charge is 0.329 e. The molecule has 0 aromatic carbocycles. The van der Waals surface area contributed by atoms with Crippen LogP contribution in [0.4, 0.5) is 0 Å². The van der Waals surface area contributed by atoms with Crippen molar-refractivity contribution in [3.05, 3.63) is 0 Å². The maximum absolute atomic E-state index is 8.45. The minimum Gasteiger partial charge on any atom is -0.362 e. The zero-order valence-electron chi connectivity index (χ0n) is 6.14. The number of hydrogen-bond acceptors (Lipinski definition) is 9. The molecule has 9 nitrogen and oxygen atoms in total. The van der Waals surface area contributed by atoms with Crippen molar-refractivity contribution in [2.45, 2.75) is 24.5 Å². The molecule has 0 fully saturated rings. The topological polar surface area (TPSA) is 171 Å². The first kappa shape index (κ1) is 12.6. The zero-order chi connectivity index (χ0) is 10.9. The number of hydrogen-bond donors (Lipinski definition) is 8. The lowest BCUT2D eigenvalue weighted by Gasteiger charge is -2.27. The minimum absolute atomic E-state index is 2.76. The van der Waals surface area contributed by atoms with Gasteiger partial charge >= 0.3 is 11.9 Å². The monoisotopic (exact) mass is 202 g/mol. The van der Waals surface area contributed by atoms with E-state index in [-0.39, 0.29) is 0 Å². The summed E-state index contributed by atoms with van der Waals surface area (Å²) >= 11 is 0. The van der Waals surface area contributed by atoms with E-state index in [4.69, 9.17) is 40.9 Å². The summed E-state index contributed by atoms with van der Waals surface area (Å²) in [5.74, 6) is -7.40. The number of aliphatic hydroxyl groups is 8. The molecule has 0 saturated carbocycles. The number of ether oxygens (including phenoxy) is 1. The second kappa shape index (κ2) is 3.79. The van der Waals surface area contributed by atoms with Crippen LogP contribution in [0.25, 0.3) is 0 Å². The van der Waals surface area contributed by atoms with E-state index < -0.39 is 24.5 Å². The minimum atomic E-state index is -3.70. The lowest BCUT2D eigenvalue weighted by atomic mass is 10.5. The Kier molecular flexibility index (Phi) is 3.69. The molecule has 13 heavy (non-hydrogen) atoms. The Morgan fingerprint density at radius 2 is 0.923 bits per heavy atom. The average Bonchev–Trinajstić information content (AvgIpc) is 1.82. The van der Waals surface area contributed by atoms with E-state index in [2.05, 4.69) is 4.74 Å². The Hall–Kier alpha value is -0.360. The second-order valence-corrected chi connectivity index (χ2v) is 2.22. The Morgan fingerprint density at radius 3 is 1.08 bits per heavy atom. The van der Waals surface area contributed by atoms with Crippen molar-refractivity contribution < 1.29 is 45.6 Å². The molecule has 0 aliphatic heterocycles. The van der Waals surface area contributed by atoms with E-state index in [1.165, 1.54) is 0 Å². The van der Waals surface area contributed by atoms with Crippen molar-refractivity contribution >= 4 is 0 Å². The predicted molar refractivity (Wildman–Crippen MR) is 31.9 cm³/mol. The van der Waals surface area contributed by atoms with Gasteiger partial charge in [-0.3, -0.25) is 0 Å². The second-order valence-electron chi connectivity index (χ2n) is 2.22. The van der Waals surface area contributed by atoms with E-state index >= 15 is 0 Å². The van der Waals surface area contributed by atoms with Crippen LogP contribution in [-0.4, -0.2) is 65.4 Å². The van der Waals surface area contributed by atoms with Gasteiger partial charge in [-0.25, -0.2) is 0 Å². The molecule has 0 bridgehead atoms. The van der Waals surface area contributed by atoms with Gasteiger partial charge in [0, 0.05) is 0 Å². The Labute approximate surface area is 71.3 Å². The van der Waals surface area contributed by atoms with Gasteiger partial charge < -0.3 is 45.6 Å². The average molecular weight is 202 g/mol.